The third-order valence-electron chi connectivity index (χ3n) is 8.91. The van der Waals surface area contributed by atoms with Crippen LogP contribution < -0.4 is 0 Å². The highest BCUT2D eigenvalue weighted by atomic mass is 32.1. The molecule has 2 N–H and O–H groups in total. The van der Waals surface area contributed by atoms with Crippen molar-refractivity contribution in [3.63, 3.8) is 0 Å². The number of likely N-dealkylation sites (tertiary alicyclic amines) is 1. The number of phenols is 1. The van der Waals surface area contributed by atoms with Gasteiger partial charge in [-0.05, 0) is 78.9 Å². The Morgan fingerprint density at radius 3 is 2.65 bits per heavy atom. The van der Waals surface area contributed by atoms with Crippen LogP contribution >= 0.6 is 11.3 Å². The Morgan fingerprint density at radius 2 is 1.90 bits per heavy atom. The quantitative estimate of drug-likeness (QED) is 0.206. The van der Waals surface area contributed by atoms with Crippen molar-refractivity contribution in [3.05, 3.63) is 81.1 Å². The number of rotatable bonds is 7. The maximum Gasteiger partial charge on any atom is 0.455 e. The molecule has 6 nitrogen and oxygen atoms in total. The van der Waals surface area contributed by atoms with Gasteiger partial charge in [0.2, 0.25) is 11.8 Å². The van der Waals surface area contributed by atoms with Gasteiger partial charge in [0, 0.05) is 10.3 Å². The third-order valence-corrected chi connectivity index (χ3v) is 9.77. The van der Waals surface area contributed by atoms with Crippen LogP contribution in [0.1, 0.15) is 50.0 Å². The number of fused-ring (bicyclic) bond motifs is 4. The van der Waals surface area contributed by atoms with E-state index in [1.807, 2.05) is 47.8 Å². The predicted octanol–water partition coefficient (Wildman–Crippen LogP) is 6.20. The van der Waals surface area contributed by atoms with Crippen LogP contribution in [-0.2, 0) is 20.8 Å². The fourth-order valence-corrected chi connectivity index (χ4v) is 7.71. The van der Waals surface area contributed by atoms with Gasteiger partial charge in [0.15, 0.2) is 0 Å². The average molecular weight is 556 g/mol. The molecular weight excluding hydrogens is 521 g/mol. The first-order chi connectivity index (χ1) is 19.4. The van der Waals surface area contributed by atoms with Gasteiger partial charge < -0.3 is 14.8 Å². The number of thiophene rings is 1. The molecule has 6 rings (SSSR count). The highest BCUT2D eigenvalue weighted by molar-refractivity contribution is 7.09. The number of nitrogens with zero attached hydrogens (tertiary/aromatic N) is 1. The van der Waals surface area contributed by atoms with E-state index in [-0.39, 0.29) is 35.5 Å². The minimum absolute atomic E-state index is 0.0864. The normalized spacial score (nSPS) is 25.1. The van der Waals surface area contributed by atoms with Crippen molar-refractivity contribution in [1.82, 2.24) is 4.90 Å². The van der Waals surface area contributed by atoms with Gasteiger partial charge in [-0.15, -0.1) is 11.3 Å². The maximum atomic E-state index is 13.6. The number of amides is 2. The largest absolute Gasteiger partial charge is 0.507 e. The Morgan fingerprint density at radius 1 is 1.10 bits per heavy atom. The lowest BCUT2D eigenvalue weighted by molar-refractivity contribution is -0.140. The molecule has 3 aliphatic rings. The van der Waals surface area contributed by atoms with Gasteiger partial charge in [-0.1, -0.05) is 60.5 Å². The Labute approximate surface area is 239 Å². The molecule has 2 amide bonds. The molecule has 2 aliphatic heterocycles. The molecule has 40 heavy (non-hydrogen) atoms. The summed E-state index contributed by atoms with van der Waals surface area (Å²) in [4.78, 5) is 29.4. The second kappa shape index (κ2) is 11.0. The Hall–Kier alpha value is -3.20. The van der Waals surface area contributed by atoms with Crippen molar-refractivity contribution in [1.29, 1.82) is 0 Å². The van der Waals surface area contributed by atoms with Crippen LogP contribution in [-0.4, -0.2) is 40.1 Å². The molecule has 0 unspecified atom stereocenters. The molecule has 0 bridgehead atoms. The summed E-state index contributed by atoms with van der Waals surface area (Å²) in [5.74, 6) is -0.908. The Kier molecular flexibility index (Phi) is 7.42. The van der Waals surface area contributed by atoms with E-state index >= 15 is 0 Å². The number of imide groups is 1. The summed E-state index contributed by atoms with van der Waals surface area (Å²) in [6, 6.07) is 15.4. The zero-order chi connectivity index (χ0) is 28.0. The zero-order valence-corrected chi connectivity index (χ0v) is 23.7. The molecule has 2 saturated heterocycles. The summed E-state index contributed by atoms with van der Waals surface area (Å²) >= 11 is 1.55. The summed E-state index contributed by atoms with van der Waals surface area (Å²) < 4.78 is 6.11. The van der Waals surface area contributed by atoms with Crippen molar-refractivity contribution in [3.8, 4) is 5.75 Å². The molecular formula is C32H34BNO5S. The van der Waals surface area contributed by atoms with E-state index in [9.17, 15) is 19.7 Å². The SMILES string of the molecule is CC/C(=C\c1ccc(O)c2ccccc12)CC[C@H]1OB(O)C[C@H]2C1=C(C)C[C@H]1C(=O)N(Cc3cccs3)C(=O)[C@H]12. The lowest BCUT2D eigenvalue weighted by Gasteiger charge is -2.42. The Balaban J connectivity index is 1.24. The topological polar surface area (TPSA) is 87.1 Å². The highest BCUT2D eigenvalue weighted by Crippen LogP contribution is 2.50. The van der Waals surface area contributed by atoms with E-state index in [1.54, 1.807) is 17.4 Å². The van der Waals surface area contributed by atoms with Crippen LogP contribution in [0, 0.1) is 17.8 Å². The first-order valence-corrected chi connectivity index (χ1v) is 15.0. The predicted molar refractivity (Wildman–Crippen MR) is 158 cm³/mol. The molecule has 4 atom stereocenters. The van der Waals surface area contributed by atoms with Gasteiger partial charge in [0.05, 0.1) is 24.5 Å². The van der Waals surface area contributed by atoms with Gasteiger partial charge in [-0.25, -0.2) is 0 Å². The van der Waals surface area contributed by atoms with Crippen LogP contribution in [0.4, 0.5) is 0 Å². The molecule has 3 aromatic rings. The molecule has 2 fully saturated rings. The van der Waals surface area contributed by atoms with Gasteiger partial charge in [-0.2, -0.15) is 0 Å². The van der Waals surface area contributed by atoms with Crippen LogP contribution in [0.15, 0.2) is 70.6 Å². The Bertz CT molecular complexity index is 1510. The highest BCUT2D eigenvalue weighted by Gasteiger charge is 2.56. The number of benzene rings is 2. The van der Waals surface area contributed by atoms with Crippen molar-refractivity contribution in [2.45, 2.75) is 58.5 Å². The van der Waals surface area contributed by atoms with Gasteiger partial charge in [-0.3, -0.25) is 14.5 Å². The van der Waals surface area contributed by atoms with Crippen molar-refractivity contribution in [2.75, 3.05) is 0 Å². The smallest absolute Gasteiger partial charge is 0.455 e. The standard InChI is InChI=1S/C32H34BNO5S/c1-3-20(16-21-11-12-27(35)24-9-5-4-8-23(21)24)10-13-28-29-19(2)15-25-30(26(29)17-33(38)39-28)32(37)34(31(25)36)18-22-7-6-14-40-22/h4-9,11-12,14,16,25-26,28,30,35,38H,3,10,13,15,17-18H2,1-2H3/b20-16+/t25-,26+,28-,30-/m1/s1. The minimum Gasteiger partial charge on any atom is -0.507 e. The van der Waals surface area contributed by atoms with E-state index in [1.165, 1.54) is 10.5 Å². The van der Waals surface area contributed by atoms with E-state index in [4.69, 9.17) is 4.65 Å². The first-order valence-electron chi connectivity index (χ1n) is 14.2. The molecule has 0 saturated carbocycles. The van der Waals surface area contributed by atoms with Gasteiger partial charge >= 0.3 is 7.12 Å². The summed E-state index contributed by atoms with van der Waals surface area (Å²) in [5.41, 5.74) is 4.53. The van der Waals surface area contributed by atoms with E-state index < -0.39 is 13.0 Å². The fourth-order valence-electron chi connectivity index (χ4n) is 7.02. The monoisotopic (exact) mass is 555 g/mol. The average Bonchev–Trinajstić information content (AvgIpc) is 3.55. The number of carbonyl (C=O) groups is 2. The molecule has 3 heterocycles. The molecule has 1 aromatic heterocycles. The van der Waals surface area contributed by atoms with Crippen LogP contribution in [0.25, 0.3) is 16.8 Å². The van der Waals surface area contributed by atoms with Crippen molar-refractivity contribution >= 4 is 47.1 Å². The van der Waals surface area contributed by atoms with E-state index in [0.717, 1.165) is 45.2 Å². The lowest BCUT2D eigenvalue weighted by Crippen LogP contribution is -2.46. The van der Waals surface area contributed by atoms with E-state index in [0.29, 0.717) is 25.7 Å². The maximum absolute atomic E-state index is 13.6. The van der Waals surface area contributed by atoms with Crippen molar-refractivity contribution < 1.29 is 24.4 Å². The summed E-state index contributed by atoms with van der Waals surface area (Å²) in [6.07, 6.45) is 5.13. The number of hydrogen-bond donors (Lipinski definition) is 2. The number of aromatic hydroxyl groups is 1. The minimum atomic E-state index is -0.963. The fraction of sp³-hybridized carbons (Fsp3) is 0.375. The number of hydrogen-bond acceptors (Lipinski definition) is 6. The summed E-state index contributed by atoms with van der Waals surface area (Å²) in [6.45, 7) is 4.52. The van der Waals surface area contributed by atoms with E-state index in [2.05, 4.69) is 19.9 Å². The third kappa shape index (κ3) is 4.82. The number of allylic oxidation sites excluding steroid dienone is 2. The lowest BCUT2D eigenvalue weighted by atomic mass is 9.59. The second-order valence-electron chi connectivity index (χ2n) is 11.2. The van der Waals surface area contributed by atoms with Crippen molar-refractivity contribution in [2.24, 2.45) is 17.8 Å². The molecule has 8 heteroatoms. The first kappa shape index (κ1) is 27.0. The summed E-state index contributed by atoms with van der Waals surface area (Å²) in [7, 11) is -0.963. The van der Waals surface area contributed by atoms with Crippen LogP contribution in [0.3, 0.4) is 0 Å². The molecule has 206 valence electrons. The van der Waals surface area contributed by atoms with Crippen LogP contribution in [0.5, 0.6) is 5.75 Å². The van der Waals surface area contributed by atoms with Gasteiger partial charge in [0.1, 0.15) is 5.75 Å². The number of phenolic OH excluding ortho intramolecular Hbond substituents is 1. The van der Waals surface area contributed by atoms with Gasteiger partial charge in [0.25, 0.3) is 0 Å². The second-order valence-corrected chi connectivity index (χ2v) is 12.3. The molecule has 1 aliphatic carbocycles. The molecule has 0 radical (unpaired) electrons. The van der Waals surface area contributed by atoms with Crippen LogP contribution in [0.2, 0.25) is 6.32 Å². The molecule has 0 spiro atoms. The zero-order valence-electron chi connectivity index (χ0n) is 22.9. The molecule has 2 aromatic carbocycles. The number of carbonyl (C=O) groups excluding carboxylic acids is 2. The summed E-state index contributed by atoms with van der Waals surface area (Å²) in [5, 5.41) is 24.8.